The predicted molar refractivity (Wildman–Crippen MR) is 105 cm³/mol. The van der Waals surface area contributed by atoms with Crippen LogP contribution in [0.5, 0.6) is 5.75 Å². The Balaban J connectivity index is 0.00000210. The van der Waals surface area contributed by atoms with E-state index in [-0.39, 0.29) is 30.5 Å². The molecular formula is C19H26ClN5O2. The van der Waals surface area contributed by atoms with E-state index in [4.69, 9.17) is 4.74 Å². The fourth-order valence-corrected chi connectivity index (χ4v) is 3.72. The molecule has 0 saturated carbocycles. The van der Waals surface area contributed by atoms with Crippen molar-refractivity contribution in [2.45, 2.75) is 18.6 Å². The van der Waals surface area contributed by atoms with E-state index in [2.05, 4.69) is 26.6 Å². The van der Waals surface area contributed by atoms with Gasteiger partial charge in [0.15, 0.2) is 0 Å². The van der Waals surface area contributed by atoms with Crippen LogP contribution in [-0.4, -0.2) is 59.2 Å². The monoisotopic (exact) mass is 391 g/mol. The number of nitrogens with zero attached hydrogens (tertiary/aromatic N) is 3. The lowest BCUT2D eigenvalue weighted by atomic mass is 10.1. The molecule has 1 saturated heterocycles. The quantitative estimate of drug-likeness (QED) is 0.792. The number of para-hydroxylation sites is 1. The van der Waals surface area contributed by atoms with Gasteiger partial charge in [0.2, 0.25) is 5.91 Å². The Morgan fingerprint density at radius 3 is 3.04 bits per heavy atom. The van der Waals surface area contributed by atoms with Crippen molar-refractivity contribution in [1.82, 2.24) is 25.1 Å². The number of fused-ring (bicyclic) bond motifs is 1. The van der Waals surface area contributed by atoms with Gasteiger partial charge in [0.25, 0.3) is 0 Å². The first-order valence-electron chi connectivity index (χ1n) is 9.14. The molecule has 2 aliphatic heterocycles. The molecule has 3 heterocycles. The van der Waals surface area contributed by atoms with Gasteiger partial charge in [-0.1, -0.05) is 18.2 Å². The van der Waals surface area contributed by atoms with Gasteiger partial charge in [0.1, 0.15) is 17.7 Å². The molecule has 27 heavy (non-hydrogen) atoms. The van der Waals surface area contributed by atoms with Gasteiger partial charge < -0.3 is 19.9 Å². The molecule has 1 fully saturated rings. The van der Waals surface area contributed by atoms with Crippen LogP contribution in [-0.2, 0) is 18.3 Å². The second-order valence-corrected chi connectivity index (χ2v) is 6.94. The van der Waals surface area contributed by atoms with E-state index in [0.717, 1.165) is 37.6 Å². The first kappa shape index (κ1) is 19.7. The summed E-state index contributed by atoms with van der Waals surface area (Å²) in [5, 5.41) is 6.43. The van der Waals surface area contributed by atoms with Crippen molar-refractivity contribution < 1.29 is 9.53 Å². The summed E-state index contributed by atoms with van der Waals surface area (Å²) >= 11 is 0. The fraction of sp³-hybridized carbons (Fsp3) is 0.474. The number of rotatable bonds is 5. The van der Waals surface area contributed by atoms with Gasteiger partial charge in [-0.3, -0.25) is 9.69 Å². The van der Waals surface area contributed by atoms with E-state index in [1.54, 1.807) is 6.20 Å². The van der Waals surface area contributed by atoms with Crippen LogP contribution in [0.15, 0.2) is 36.7 Å². The molecular weight excluding hydrogens is 366 g/mol. The highest BCUT2D eigenvalue weighted by Crippen LogP contribution is 2.27. The number of aromatic nitrogens is 2. The topological polar surface area (TPSA) is 71.4 Å². The second kappa shape index (κ2) is 8.73. The van der Waals surface area contributed by atoms with Crippen LogP contribution >= 0.6 is 12.4 Å². The summed E-state index contributed by atoms with van der Waals surface area (Å²) in [7, 11) is 1.99. The number of aryl methyl sites for hydroxylation is 1. The van der Waals surface area contributed by atoms with E-state index in [0.29, 0.717) is 13.1 Å². The van der Waals surface area contributed by atoms with Crippen LogP contribution in [0.2, 0.25) is 0 Å². The molecule has 2 unspecified atom stereocenters. The van der Waals surface area contributed by atoms with Gasteiger partial charge in [-0.25, -0.2) is 4.98 Å². The van der Waals surface area contributed by atoms with Gasteiger partial charge in [-0.15, -0.1) is 12.4 Å². The van der Waals surface area contributed by atoms with Crippen molar-refractivity contribution >= 4 is 18.3 Å². The van der Waals surface area contributed by atoms with E-state index in [1.165, 1.54) is 5.56 Å². The number of nitrogens with one attached hydrogen (secondary N) is 2. The van der Waals surface area contributed by atoms with Crippen LogP contribution in [0.4, 0.5) is 0 Å². The van der Waals surface area contributed by atoms with Crippen molar-refractivity contribution in [3.8, 4) is 5.75 Å². The molecule has 1 amide bonds. The number of carbonyl (C=O) groups is 1. The van der Waals surface area contributed by atoms with Gasteiger partial charge in [-0.05, 0) is 11.6 Å². The Labute approximate surface area is 165 Å². The second-order valence-electron chi connectivity index (χ2n) is 6.94. The minimum absolute atomic E-state index is 0. The molecule has 7 nitrogen and oxygen atoms in total. The summed E-state index contributed by atoms with van der Waals surface area (Å²) < 4.78 is 7.91. The van der Waals surface area contributed by atoms with Crippen molar-refractivity contribution in [2.75, 3.05) is 32.7 Å². The summed E-state index contributed by atoms with van der Waals surface area (Å²) in [5.74, 6) is 1.95. The third kappa shape index (κ3) is 4.43. The molecule has 1 aromatic carbocycles. The summed E-state index contributed by atoms with van der Waals surface area (Å²) in [6.07, 6.45) is 4.61. The van der Waals surface area contributed by atoms with Crippen molar-refractivity contribution in [2.24, 2.45) is 7.05 Å². The minimum Gasteiger partial charge on any atom is -0.488 e. The molecule has 8 heteroatoms. The van der Waals surface area contributed by atoms with Crippen LogP contribution < -0.4 is 15.4 Å². The predicted octanol–water partition coefficient (Wildman–Crippen LogP) is 0.908. The van der Waals surface area contributed by atoms with Crippen LogP contribution in [0.1, 0.15) is 17.4 Å². The molecule has 0 spiro atoms. The van der Waals surface area contributed by atoms with Crippen LogP contribution in [0, 0.1) is 0 Å². The molecule has 146 valence electrons. The van der Waals surface area contributed by atoms with Crippen LogP contribution in [0.3, 0.4) is 0 Å². The highest BCUT2D eigenvalue weighted by atomic mass is 35.5. The molecule has 2 N–H and O–H groups in total. The summed E-state index contributed by atoms with van der Waals surface area (Å²) in [5.41, 5.74) is 1.21. The average molecular weight is 392 g/mol. The maximum atomic E-state index is 12.5. The van der Waals surface area contributed by atoms with Crippen molar-refractivity contribution in [1.29, 1.82) is 0 Å². The van der Waals surface area contributed by atoms with Gasteiger partial charge in [0.05, 0.1) is 19.1 Å². The van der Waals surface area contributed by atoms with E-state index < -0.39 is 0 Å². The largest absolute Gasteiger partial charge is 0.488 e. The fourth-order valence-electron chi connectivity index (χ4n) is 3.72. The molecule has 0 aliphatic carbocycles. The smallest absolute Gasteiger partial charge is 0.234 e. The molecule has 0 bridgehead atoms. The molecule has 2 aliphatic rings. The first-order valence-corrected chi connectivity index (χ1v) is 9.14. The van der Waals surface area contributed by atoms with E-state index in [1.807, 2.05) is 36.0 Å². The lowest BCUT2D eigenvalue weighted by Gasteiger charge is -2.35. The highest BCUT2D eigenvalue weighted by molar-refractivity contribution is 5.85. The van der Waals surface area contributed by atoms with Gasteiger partial charge in [0, 0.05) is 45.5 Å². The number of carbonyl (C=O) groups excluding carboxylic acids is 1. The van der Waals surface area contributed by atoms with Crippen molar-refractivity contribution in [3.05, 3.63) is 48.0 Å². The Hall–Kier alpha value is -2.09. The Morgan fingerprint density at radius 2 is 2.26 bits per heavy atom. The molecule has 1 aromatic heterocycles. The normalized spacial score (nSPS) is 21.8. The number of imidazole rings is 1. The molecule has 2 atom stereocenters. The lowest BCUT2D eigenvalue weighted by Crippen LogP contribution is -2.50. The highest BCUT2D eigenvalue weighted by Gasteiger charge is 2.29. The number of hydrogen-bond donors (Lipinski definition) is 2. The number of piperazine rings is 1. The Kier molecular flexibility index (Phi) is 6.36. The Bertz CT molecular complexity index is 756. The SMILES string of the molecule is Cl.Cn1ccnc1C1CNCCN1CC(=O)NCC1Cc2ccccc2O1. The van der Waals surface area contributed by atoms with Gasteiger partial charge in [-0.2, -0.15) is 0 Å². The summed E-state index contributed by atoms with van der Waals surface area (Å²) in [6.45, 7) is 3.43. The maximum Gasteiger partial charge on any atom is 0.234 e. The molecule has 0 radical (unpaired) electrons. The summed E-state index contributed by atoms with van der Waals surface area (Å²) in [6, 6.07) is 8.17. The number of benzene rings is 1. The zero-order valence-corrected chi connectivity index (χ0v) is 16.2. The van der Waals surface area contributed by atoms with Gasteiger partial charge >= 0.3 is 0 Å². The first-order chi connectivity index (χ1) is 12.7. The lowest BCUT2D eigenvalue weighted by molar-refractivity contribution is -0.123. The third-order valence-corrected chi connectivity index (χ3v) is 5.10. The molecule has 2 aromatic rings. The average Bonchev–Trinajstić information content (AvgIpc) is 3.26. The maximum absolute atomic E-state index is 12.5. The minimum atomic E-state index is 0. The van der Waals surface area contributed by atoms with E-state index in [9.17, 15) is 4.79 Å². The molecule has 4 rings (SSSR count). The van der Waals surface area contributed by atoms with E-state index >= 15 is 0 Å². The zero-order valence-electron chi connectivity index (χ0n) is 15.4. The zero-order chi connectivity index (χ0) is 17.9. The number of hydrogen-bond acceptors (Lipinski definition) is 5. The number of ether oxygens (including phenoxy) is 1. The number of amides is 1. The Morgan fingerprint density at radius 1 is 1.41 bits per heavy atom. The summed E-state index contributed by atoms with van der Waals surface area (Å²) in [4.78, 5) is 19.1. The standard InChI is InChI=1S/C19H25N5O2.ClH/c1-23-8-7-21-19(23)16-12-20-6-9-24(16)13-18(25)22-11-15-10-14-4-2-3-5-17(14)26-15;/h2-5,7-8,15-16,20H,6,9-13H2,1H3,(H,22,25);1H. The van der Waals surface area contributed by atoms with Crippen molar-refractivity contribution in [3.63, 3.8) is 0 Å². The van der Waals surface area contributed by atoms with Crippen LogP contribution in [0.25, 0.3) is 0 Å². The third-order valence-electron chi connectivity index (χ3n) is 5.10. The number of halogens is 1.